The molecule has 2 rings (SSSR count). The van der Waals surface area contributed by atoms with Crippen LogP contribution in [0, 0.1) is 0 Å². The Bertz CT molecular complexity index is 944. The Labute approximate surface area is 171 Å². The number of aryl methyl sites for hydroxylation is 1. The minimum Gasteiger partial charge on any atom is -0.459 e. The summed E-state index contributed by atoms with van der Waals surface area (Å²) in [6.45, 7) is 8.36. The molecule has 0 N–H and O–H groups in total. The predicted octanol–water partition coefficient (Wildman–Crippen LogP) is 3.52. The van der Waals surface area contributed by atoms with Crippen molar-refractivity contribution in [2.75, 3.05) is 19.8 Å². The number of benzene rings is 1. The van der Waals surface area contributed by atoms with E-state index in [0.29, 0.717) is 10.7 Å². The normalized spacial score (nSPS) is 12.7. The average molecular weight is 428 g/mol. The van der Waals surface area contributed by atoms with E-state index in [9.17, 15) is 13.2 Å². The highest BCUT2D eigenvalue weighted by Crippen LogP contribution is 2.28. The van der Waals surface area contributed by atoms with E-state index in [4.69, 9.17) is 4.74 Å². The van der Waals surface area contributed by atoms with Crippen molar-refractivity contribution in [3.63, 3.8) is 0 Å². The molecule has 0 saturated carbocycles. The number of aromatic nitrogens is 2. The molecule has 156 valence electrons. The van der Waals surface area contributed by atoms with Crippen molar-refractivity contribution in [2.45, 2.75) is 62.7 Å². The van der Waals surface area contributed by atoms with Gasteiger partial charge in [0.2, 0.25) is 10.0 Å². The molecule has 0 amide bonds. The largest absolute Gasteiger partial charge is 0.459 e. The molecule has 0 spiro atoms. The molecule has 28 heavy (non-hydrogen) atoms. The second-order valence-corrected chi connectivity index (χ2v) is 10.8. The Hall–Kier alpha value is -1.58. The minimum absolute atomic E-state index is 0.148. The van der Waals surface area contributed by atoms with Gasteiger partial charge in [0.15, 0.2) is 5.16 Å². The number of sulfonamides is 1. The monoisotopic (exact) mass is 427 g/mol. The van der Waals surface area contributed by atoms with Crippen molar-refractivity contribution in [1.29, 1.82) is 0 Å². The van der Waals surface area contributed by atoms with Crippen molar-refractivity contribution in [3.05, 3.63) is 18.2 Å². The molecular weight excluding hydrogens is 398 g/mol. The molecule has 0 aliphatic carbocycles. The molecular formula is C19H29N3O4S2. The maximum absolute atomic E-state index is 12.4. The molecule has 0 fully saturated rings. The lowest BCUT2D eigenvalue weighted by molar-refractivity contribution is -0.151. The fraction of sp³-hybridized carbons (Fsp3) is 0.579. The van der Waals surface area contributed by atoms with E-state index in [0.717, 1.165) is 24.9 Å². The van der Waals surface area contributed by atoms with Crippen LogP contribution in [0.1, 0.15) is 40.5 Å². The lowest BCUT2D eigenvalue weighted by Crippen LogP contribution is -2.25. The molecule has 0 aliphatic rings. The number of hydrogen-bond acceptors (Lipinski definition) is 6. The topological polar surface area (TPSA) is 81.5 Å². The summed E-state index contributed by atoms with van der Waals surface area (Å²) in [5.41, 5.74) is 0.929. The maximum Gasteiger partial charge on any atom is 0.316 e. The van der Waals surface area contributed by atoms with Crippen LogP contribution in [0.4, 0.5) is 0 Å². The van der Waals surface area contributed by atoms with Gasteiger partial charge < -0.3 is 9.30 Å². The van der Waals surface area contributed by atoms with Crippen LogP contribution in [0.25, 0.3) is 11.0 Å². The molecule has 2 aromatic rings. The van der Waals surface area contributed by atoms with E-state index >= 15 is 0 Å². The van der Waals surface area contributed by atoms with E-state index in [-0.39, 0.29) is 16.6 Å². The summed E-state index contributed by atoms with van der Waals surface area (Å²) in [5, 5.41) is 0.689. The lowest BCUT2D eigenvalue weighted by Gasteiger charge is -2.19. The molecule has 1 heterocycles. The predicted molar refractivity (Wildman–Crippen MR) is 112 cm³/mol. The van der Waals surface area contributed by atoms with Gasteiger partial charge in [-0.1, -0.05) is 25.1 Å². The SMILES string of the molecule is CCCCn1c(SCC(=O)OC(C)(C)C)nc2cc(S(=O)(=O)N(C)C)ccc21. The van der Waals surface area contributed by atoms with Crippen molar-refractivity contribution in [2.24, 2.45) is 0 Å². The van der Waals surface area contributed by atoms with Crippen molar-refractivity contribution >= 4 is 38.8 Å². The van der Waals surface area contributed by atoms with Crippen LogP contribution >= 0.6 is 11.8 Å². The van der Waals surface area contributed by atoms with E-state index in [1.165, 1.54) is 30.2 Å². The van der Waals surface area contributed by atoms with Crippen LogP contribution in [-0.2, 0) is 26.1 Å². The molecule has 7 nitrogen and oxygen atoms in total. The van der Waals surface area contributed by atoms with Crippen LogP contribution in [0.15, 0.2) is 28.3 Å². The lowest BCUT2D eigenvalue weighted by atomic mass is 10.2. The standard InChI is InChI=1S/C19H29N3O4S2/c1-7-8-11-22-16-10-9-14(28(24,25)21(5)6)12-15(16)20-18(22)27-13-17(23)26-19(2,3)4/h9-10,12H,7-8,11,13H2,1-6H3. The number of thioether (sulfide) groups is 1. The summed E-state index contributed by atoms with van der Waals surface area (Å²) in [4.78, 5) is 16.9. The number of fused-ring (bicyclic) bond motifs is 1. The van der Waals surface area contributed by atoms with Gasteiger partial charge in [-0.2, -0.15) is 0 Å². The van der Waals surface area contributed by atoms with Gasteiger partial charge in [-0.25, -0.2) is 17.7 Å². The van der Waals surface area contributed by atoms with Crippen molar-refractivity contribution in [3.8, 4) is 0 Å². The highest BCUT2D eigenvalue weighted by molar-refractivity contribution is 7.99. The van der Waals surface area contributed by atoms with Crippen LogP contribution in [0.2, 0.25) is 0 Å². The summed E-state index contributed by atoms with van der Waals surface area (Å²) < 4.78 is 33.4. The smallest absolute Gasteiger partial charge is 0.316 e. The van der Waals surface area contributed by atoms with Gasteiger partial charge in [0, 0.05) is 20.6 Å². The Balaban J connectivity index is 2.37. The highest BCUT2D eigenvalue weighted by Gasteiger charge is 2.21. The molecule has 0 saturated heterocycles. The van der Waals surface area contributed by atoms with Gasteiger partial charge in [-0.05, 0) is 45.4 Å². The van der Waals surface area contributed by atoms with E-state index in [1.807, 2.05) is 25.3 Å². The Morgan fingerprint density at radius 1 is 1.29 bits per heavy atom. The van der Waals surface area contributed by atoms with Gasteiger partial charge in [-0.15, -0.1) is 0 Å². The number of esters is 1. The molecule has 0 atom stereocenters. The second kappa shape index (κ2) is 8.84. The first-order valence-electron chi connectivity index (χ1n) is 9.23. The Kier molecular flexibility index (Phi) is 7.17. The molecule has 0 unspecified atom stereocenters. The number of carbonyl (C=O) groups excluding carboxylic acids is 1. The Morgan fingerprint density at radius 2 is 1.96 bits per heavy atom. The van der Waals surface area contributed by atoms with Crippen LogP contribution in [0.5, 0.6) is 0 Å². The summed E-state index contributed by atoms with van der Waals surface area (Å²) >= 11 is 1.31. The van der Waals surface area contributed by atoms with Crippen LogP contribution in [-0.4, -0.2) is 53.7 Å². The number of carbonyl (C=O) groups is 1. The molecule has 9 heteroatoms. The third kappa shape index (κ3) is 5.48. The number of hydrogen-bond donors (Lipinski definition) is 0. The molecule has 0 aliphatic heterocycles. The number of unbranched alkanes of at least 4 members (excludes halogenated alkanes) is 1. The maximum atomic E-state index is 12.4. The Morgan fingerprint density at radius 3 is 2.54 bits per heavy atom. The summed E-state index contributed by atoms with van der Waals surface area (Å²) in [6.07, 6.45) is 1.98. The second-order valence-electron chi connectivity index (χ2n) is 7.71. The van der Waals surface area contributed by atoms with Crippen molar-refractivity contribution in [1.82, 2.24) is 13.9 Å². The summed E-state index contributed by atoms with van der Waals surface area (Å²) in [5.74, 6) is -0.155. The molecule has 1 aromatic carbocycles. The minimum atomic E-state index is -3.53. The van der Waals surface area contributed by atoms with Gasteiger partial charge >= 0.3 is 5.97 Å². The highest BCUT2D eigenvalue weighted by atomic mass is 32.2. The fourth-order valence-electron chi connectivity index (χ4n) is 2.60. The number of rotatable bonds is 8. The summed E-state index contributed by atoms with van der Waals surface area (Å²) in [6, 6.07) is 4.97. The molecule has 0 radical (unpaired) electrons. The zero-order valence-corrected chi connectivity index (χ0v) is 19.0. The zero-order valence-electron chi connectivity index (χ0n) is 17.4. The molecule has 0 bridgehead atoms. The van der Waals surface area contributed by atoms with Gasteiger partial charge in [0.25, 0.3) is 0 Å². The van der Waals surface area contributed by atoms with Gasteiger partial charge in [-0.3, -0.25) is 4.79 Å². The summed E-state index contributed by atoms with van der Waals surface area (Å²) in [7, 11) is -0.529. The number of ether oxygens (including phenoxy) is 1. The third-order valence-corrected chi connectivity index (χ3v) is 6.70. The average Bonchev–Trinajstić information content (AvgIpc) is 2.93. The van der Waals surface area contributed by atoms with Gasteiger partial charge in [0.1, 0.15) is 5.60 Å². The van der Waals surface area contributed by atoms with Gasteiger partial charge in [0.05, 0.1) is 21.7 Å². The van der Waals surface area contributed by atoms with E-state index in [1.54, 1.807) is 18.2 Å². The first-order chi connectivity index (χ1) is 13.0. The van der Waals surface area contributed by atoms with E-state index in [2.05, 4.69) is 11.9 Å². The quantitative estimate of drug-likeness (QED) is 0.474. The van der Waals surface area contributed by atoms with Crippen molar-refractivity contribution < 1.29 is 17.9 Å². The third-order valence-electron chi connectivity index (χ3n) is 3.94. The first-order valence-corrected chi connectivity index (χ1v) is 11.7. The van der Waals surface area contributed by atoms with E-state index < -0.39 is 15.6 Å². The first kappa shape index (κ1) is 22.7. The van der Waals surface area contributed by atoms with Crippen LogP contribution < -0.4 is 0 Å². The van der Waals surface area contributed by atoms with Crippen LogP contribution in [0.3, 0.4) is 0 Å². The number of imidazole rings is 1. The zero-order chi connectivity index (χ0) is 21.1. The fourth-order valence-corrected chi connectivity index (χ4v) is 4.33. The number of nitrogens with zero attached hydrogens (tertiary/aromatic N) is 3. The molecule has 1 aromatic heterocycles.